The molecule has 0 fully saturated rings. The van der Waals surface area contributed by atoms with Crippen LogP contribution in [0.15, 0.2) is 53.4 Å². The van der Waals surface area contributed by atoms with Gasteiger partial charge in [0.15, 0.2) is 0 Å². The van der Waals surface area contributed by atoms with Gasteiger partial charge in [0.2, 0.25) is 5.91 Å². The molecular weight excluding hydrogens is 393 g/mol. The number of hydrogen-bond acceptors (Lipinski definition) is 4. The summed E-state index contributed by atoms with van der Waals surface area (Å²) in [6.07, 6.45) is 1.34. The Hall–Kier alpha value is -2.41. The fourth-order valence-corrected chi connectivity index (χ4v) is 3.73. The molecule has 0 radical (unpaired) electrons. The van der Waals surface area contributed by atoms with Crippen molar-refractivity contribution in [1.82, 2.24) is 4.90 Å². The first kappa shape index (κ1) is 22.9. The van der Waals surface area contributed by atoms with Crippen LogP contribution in [0.2, 0.25) is 0 Å². The fraction of sp³-hybridized carbons (Fsp3) is 0.409. The summed E-state index contributed by atoms with van der Waals surface area (Å²) in [4.78, 5) is 14.3. The summed E-state index contributed by atoms with van der Waals surface area (Å²) in [6.45, 7) is 8.54. The van der Waals surface area contributed by atoms with Crippen LogP contribution in [-0.2, 0) is 21.5 Å². The Morgan fingerprint density at radius 3 is 2.14 bits per heavy atom. The molecule has 0 bridgehead atoms. The van der Waals surface area contributed by atoms with Gasteiger partial charge in [-0.1, -0.05) is 32.9 Å². The van der Waals surface area contributed by atoms with E-state index in [9.17, 15) is 17.6 Å². The SMILES string of the molecule is CCC(C)N(Cc1ccc(OS(=O)(=O)c2ccc(F)cc2)cc1)C(=O)CC(C)C. The van der Waals surface area contributed by atoms with E-state index in [1.165, 1.54) is 0 Å². The Labute approximate surface area is 172 Å². The first-order chi connectivity index (χ1) is 13.6. The lowest BCUT2D eigenvalue weighted by Crippen LogP contribution is -2.38. The molecule has 29 heavy (non-hydrogen) atoms. The standard InChI is InChI=1S/C22H28FNO4S/c1-5-17(4)24(22(25)14-16(2)3)15-18-6-10-20(11-7-18)28-29(26,27)21-12-8-19(23)9-13-21/h6-13,16-17H,5,14-15H2,1-4H3. The summed E-state index contributed by atoms with van der Waals surface area (Å²) < 4.78 is 42.7. The van der Waals surface area contributed by atoms with Gasteiger partial charge in [0, 0.05) is 19.0 Å². The van der Waals surface area contributed by atoms with Crippen molar-refractivity contribution in [1.29, 1.82) is 0 Å². The molecule has 0 N–H and O–H groups in total. The van der Waals surface area contributed by atoms with E-state index >= 15 is 0 Å². The first-order valence-electron chi connectivity index (χ1n) is 9.70. The van der Waals surface area contributed by atoms with Gasteiger partial charge in [-0.15, -0.1) is 0 Å². The Bertz CT molecular complexity index is 909. The minimum atomic E-state index is -4.04. The molecular formula is C22H28FNO4S. The number of hydrogen-bond donors (Lipinski definition) is 0. The monoisotopic (exact) mass is 421 g/mol. The van der Waals surface area contributed by atoms with Gasteiger partial charge in [0.05, 0.1) is 0 Å². The van der Waals surface area contributed by atoms with Crippen molar-refractivity contribution in [3.63, 3.8) is 0 Å². The molecule has 0 saturated heterocycles. The van der Waals surface area contributed by atoms with Crippen molar-refractivity contribution in [2.45, 2.75) is 58.0 Å². The van der Waals surface area contributed by atoms with E-state index in [1.54, 1.807) is 24.3 Å². The quantitative estimate of drug-likeness (QED) is 0.547. The van der Waals surface area contributed by atoms with E-state index < -0.39 is 15.9 Å². The second-order valence-corrected chi connectivity index (χ2v) is 9.06. The van der Waals surface area contributed by atoms with Gasteiger partial charge in [-0.25, -0.2) is 4.39 Å². The summed E-state index contributed by atoms with van der Waals surface area (Å²) in [7, 11) is -4.04. The number of carbonyl (C=O) groups is 1. The summed E-state index contributed by atoms with van der Waals surface area (Å²) >= 11 is 0. The molecule has 0 aromatic heterocycles. The summed E-state index contributed by atoms with van der Waals surface area (Å²) in [6, 6.07) is 11.1. The Balaban J connectivity index is 2.12. The maximum Gasteiger partial charge on any atom is 0.339 e. The molecule has 0 aliphatic rings. The van der Waals surface area contributed by atoms with Gasteiger partial charge in [0.1, 0.15) is 16.5 Å². The van der Waals surface area contributed by atoms with Crippen LogP contribution in [0, 0.1) is 11.7 Å². The number of halogens is 1. The third-order valence-corrected chi connectivity index (χ3v) is 5.87. The molecule has 0 aliphatic heterocycles. The molecule has 1 amide bonds. The number of nitrogens with zero attached hydrogens (tertiary/aromatic N) is 1. The summed E-state index contributed by atoms with van der Waals surface area (Å²) in [5.74, 6) is 0.0166. The van der Waals surface area contributed by atoms with Crippen molar-refractivity contribution >= 4 is 16.0 Å². The molecule has 0 aliphatic carbocycles. The van der Waals surface area contributed by atoms with Crippen LogP contribution in [0.3, 0.4) is 0 Å². The highest BCUT2D eigenvalue weighted by Gasteiger charge is 2.21. The minimum absolute atomic E-state index is 0.105. The van der Waals surface area contributed by atoms with Crippen LogP contribution >= 0.6 is 0 Å². The third-order valence-electron chi connectivity index (χ3n) is 4.61. The Kier molecular flexibility index (Phi) is 7.79. The smallest absolute Gasteiger partial charge is 0.339 e. The number of rotatable bonds is 9. The van der Waals surface area contributed by atoms with Crippen molar-refractivity contribution < 1.29 is 21.8 Å². The maximum atomic E-state index is 13.0. The van der Waals surface area contributed by atoms with E-state index in [0.29, 0.717) is 13.0 Å². The van der Waals surface area contributed by atoms with Crippen LogP contribution in [-0.4, -0.2) is 25.3 Å². The van der Waals surface area contributed by atoms with E-state index in [1.807, 2.05) is 32.6 Å². The fourth-order valence-electron chi connectivity index (χ4n) is 2.80. The molecule has 5 nitrogen and oxygen atoms in total. The van der Waals surface area contributed by atoms with Gasteiger partial charge >= 0.3 is 10.1 Å². The predicted octanol–water partition coefficient (Wildman–Crippen LogP) is 4.77. The summed E-state index contributed by atoms with van der Waals surface area (Å²) in [5, 5.41) is 0. The van der Waals surface area contributed by atoms with Gasteiger partial charge in [0.25, 0.3) is 0 Å². The van der Waals surface area contributed by atoms with Crippen LogP contribution in [0.5, 0.6) is 5.75 Å². The highest BCUT2D eigenvalue weighted by Crippen LogP contribution is 2.21. The van der Waals surface area contributed by atoms with Crippen LogP contribution in [0.4, 0.5) is 4.39 Å². The first-order valence-corrected chi connectivity index (χ1v) is 11.1. The van der Waals surface area contributed by atoms with Gasteiger partial charge < -0.3 is 9.08 Å². The van der Waals surface area contributed by atoms with Crippen LogP contribution in [0.25, 0.3) is 0 Å². The average Bonchev–Trinajstić information content (AvgIpc) is 2.66. The second kappa shape index (κ2) is 9.87. The molecule has 2 rings (SSSR count). The molecule has 0 spiro atoms. The van der Waals surface area contributed by atoms with Crippen molar-refractivity contribution in [3.8, 4) is 5.75 Å². The van der Waals surface area contributed by atoms with E-state index in [0.717, 1.165) is 36.2 Å². The lowest BCUT2D eigenvalue weighted by Gasteiger charge is -2.29. The zero-order chi connectivity index (χ0) is 21.6. The molecule has 1 unspecified atom stereocenters. The Morgan fingerprint density at radius 1 is 1.03 bits per heavy atom. The highest BCUT2D eigenvalue weighted by atomic mass is 32.2. The van der Waals surface area contributed by atoms with Crippen molar-refractivity contribution in [2.24, 2.45) is 5.92 Å². The molecule has 0 saturated carbocycles. The molecule has 2 aromatic rings. The minimum Gasteiger partial charge on any atom is -0.379 e. The van der Waals surface area contributed by atoms with Crippen molar-refractivity contribution in [2.75, 3.05) is 0 Å². The van der Waals surface area contributed by atoms with Gasteiger partial charge in [-0.3, -0.25) is 4.79 Å². The molecule has 0 heterocycles. The van der Waals surface area contributed by atoms with Crippen LogP contribution in [0.1, 0.15) is 46.1 Å². The third kappa shape index (κ3) is 6.56. The average molecular weight is 422 g/mol. The summed E-state index contributed by atoms with van der Waals surface area (Å²) in [5.41, 5.74) is 0.883. The normalized spacial score (nSPS) is 12.6. The molecule has 158 valence electrons. The van der Waals surface area contributed by atoms with E-state index in [-0.39, 0.29) is 28.5 Å². The van der Waals surface area contributed by atoms with Crippen molar-refractivity contribution in [3.05, 3.63) is 59.9 Å². The van der Waals surface area contributed by atoms with E-state index in [2.05, 4.69) is 0 Å². The number of carbonyl (C=O) groups excluding carboxylic acids is 1. The predicted molar refractivity (Wildman–Crippen MR) is 110 cm³/mol. The zero-order valence-corrected chi connectivity index (χ0v) is 18.1. The van der Waals surface area contributed by atoms with Gasteiger partial charge in [-0.2, -0.15) is 8.42 Å². The lowest BCUT2D eigenvalue weighted by molar-refractivity contribution is -0.134. The van der Waals surface area contributed by atoms with Gasteiger partial charge in [-0.05, 0) is 61.2 Å². The molecule has 7 heteroatoms. The van der Waals surface area contributed by atoms with E-state index in [4.69, 9.17) is 4.18 Å². The number of benzene rings is 2. The topological polar surface area (TPSA) is 63.7 Å². The Morgan fingerprint density at radius 2 is 1.62 bits per heavy atom. The number of amides is 1. The highest BCUT2D eigenvalue weighted by molar-refractivity contribution is 7.87. The maximum absolute atomic E-state index is 13.0. The molecule has 1 atom stereocenters. The molecule has 2 aromatic carbocycles. The largest absolute Gasteiger partial charge is 0.379 e. The zero-order valence-electron chi connectivity index (χ0n) is 17.3. The van der Waals surface area contributed by atoms with Crippen LogP contribution < -0.4 is 4.18 Å². The second-order valence-electron chi connectivity index (χ2n) is 7.51. The lowest BCUT2D eigenvalue weighted by atomic mass is 10.1.